The number of halogens is 1. The van der Waals surface area contributed by atoms with E-state index < -0.39 is 0 Å². The molecule has 3 aromatic rings. The minimum atomic E-state index is -0.337. The maximum atomic E-state index is 13.4. The summed E-state index contributed by atoms with van der Waals surface area (Å²) >= 11 is 6.05. The Hall–Kier alpha value is -2.33. The number of para-hydroxylation sites is 2. The summed E-state index contributed by atoms with van der Waals surface area (Å²) in [5.74, 6) is 1.75. The van der Waals surface area contributed by atoms with Gasteiger partial charge in [-0.3, -0.25) is 4.79 Å². The van der Waals surface area contributed by atoms with Crippen LogP contribution in [0.2, 0.25) is 5.02 Å². The molecule has 28 heavy (non-hydrogen) atoms. The number of imidazole rings is 1. The Bertz CT molecular complexity index is 965. The first-order valence-electron chi connectivity index (χ1n) is 10.2. The summed E-state index contributed by atoms with van der Waals surface area (Å²) in [7, 11) is 0. The first-order valence-corrected chi connectivity index (χ1v) is 10.5. The molecule has 0 atom stereocenters. The number of aromatic amines is 1. The smallest absolute Gasteiger partial charge is 0.233 e. The lowest BCUT2D eigenvalue weighted by Gasteiger charge is -2.45. The van der Waals surface area contributed by atoms with Gasteiger partial charge in [0.25, 0.3) is 0 Å². The summed E-state index contributed by atoms with van der Waals surface area (Å²) in [5, 5.41) is 0.720. The van der Waals surface area contributed by atoms with Crippen LogP contribution in [0.3, 0.4) is 0 Å². The Kier molecular flexibility index (Phi) is 4.39. The van der Waals surface area contributed by atoms with Crippen LogP contribution in [-0.4, -0.2) is 33.9 Å². The standard InChI is InChI=1S/C23H24ClN3O/c24-18-8-6-17(7-9-18)23(12-3-13-23)22(28)27-14-10-16(11-15-27)21-25-19-4-1-2-5-20(19)26-21/h1-2,4-9,16H,3,10-15H2,(H,25,26). The molecule has 4 nitrogen and oxygen atoms in total. The molecule has 1 aliphatic carbocycles. The molecule has 1 aromatic heterocycles. The first-order chi connectivity index (χ1) is 13.7. The molecule has 1 aliphatic heterocycles. The minimum Gasteiger partial charge on any atom is -0.342 e. The number of likely N-dealkylation sites (tertiary alicyclic amines) is 1. The molecule has 2 fully saturated rings. The molecule has 0 radical (unpaired) electrons. The normalized spacial score (nSPS) is 19.5. The van der Waals surface area contributed by atoms with Gasteiger partial charge in [-0.25, -0.2) is 4.98 Å². The molecule has 2 aromatic carbocycles. The summed E-state index contributed by atoms with van der Waals surface area (Å²) in [6, 6.07) is 16.0. The Morgan fingerprint density at radius 1 is 1.07 bits per heavy atom. The van der Waals surface area contributed by atoms with Crippen LogP contribution in [-0.2, 0) is 10.2 Å². The first kappa shape index (κ1) is 17.7. The Balaban J connectivity index is 1.30. The number of carbonyl (C=O) groups excluding carboxylic acids is 1. The average molecular weight is 394 g/mol. The zero-order valence-electron chi connectivity index (χ0n) is 15.8. The number of piperidine rings is 1. The van der Waals surface area contributed by atoms with E-state index in [-0.39, 0.29) is 5.41 Å². The van der Waals surface area contributed by atoms with Gasteiger partial charge in [-0.2, -0.15) is 0 Å². The number of amides is 1. The van der Waals surface area contributed by atoms with Crippen LogP contribution in [0.1, 0.15) is 49.4 Å². The van der Waals surface area contributed by atoms with Crippen molar-refractivity contribution in [2.24, 2.45) is 0 Å². The fraction of sp³-hybridized carbons (Fsp3) is 0.391. The van der Waals surface area contributed by atoms with Gasteiger partial charge in [-0.15, -0.1) is 0 Å². The number of aromatic nitrogens is 2. The third-order valence-electron chi connectivity index (χ3n) is 6.59. The number of nitrogens with zero attached hydrogens (tertiary/aromatic N) is 2. The molecule has 0 bridgehead atoms. The van der Waals surface area contributed by atoms with Crippen LogP contribution < -0.4 is 0 Å². The number of hydrogen-bond acceptors (Lipinski definition) is 2. The van der Waals surface area contributed by atoms with Gasteiger partial charge in [-0.1, -0.05) is 42.3 Å². The van der Waals surface area contributed by atoms with Crippen molar-refractivity contribution in [1.29, 1.82) is 0 Å². The Morgan fingerprint density at radius 3 is 2.43 bits per heavy atom. The molecule has 5 heteroatoms. The van der Waals surface area contributed by atoms with Crippen LogP contribution in [0.25, 0.3) is 11.0 Å². The van der Waals surface area contributed by atoms with Crippen LogP contribution in [0, 0.1) is 0 Å². The highest BCUT2D eigenvalue weighted by Crippen LogP contribution is 2.46. The molecule has 2 heterocycles. The highest BCUT2D eigenvalue weighted by Gasteiger charge is 2.48. The molecular weight excluding hydrogens is 370 g/mol. The lowest BCUT2D eigenvalue weighted by molar-refractivity contribution is -0.142. The van der Waals surface area contributed by atoms with Gasteiger partial charge >= 0.3 is 0 Å². The van der Waals surface area contributed by atoms with E-state index in [1.165, 1.54) is 0 Å². The number of fused-ring (bicyclic) bond motifs is 1. The number of rotatable bonds is 3. The zero-order chi connectivity index (χ0) is 19.1. The second-order valence-electron chi connectivity index (χ2n) is 8.15. The predicted octanol–water partition coefficient (Wildman–Crippen LogP) is 5.04. The third-order valence-corrected chi connectivity index (χ3v) is 6.84. The summed E-state index contributed by atoms with van der Waals surface area (Å²) in [4.78, 5) is 23.8. The molecule has 1 saturated carbocycles. The third kappa shape index (κ3) is 2.91. The molecule has 1 saturated heterocycles. The molecule has 144 valence electrons. The number of nitrogens with one attached hydrogen (secondary N) is 1. The summed E-state index contributed by atoms with van der Waals surface area (Å²) in [5.41, 5.74) is 2.89. The van der Waals surface area contributed by atoms with Gasteiger partial charge in [0, 0.05) is 24.0 Å². The van der Waals surface area contributed by atoms with Crippen molar-refractivity contribution in [1.82, 2.24) is 14.9 Å². The van der Waals surface area contributed by atoms with Crippen molar-refractivity contribution in [3.8, 4) is 0 Å². The second kappa shape index (κ2) is 6.93. The van der Waals surface area contributed by atoms with E-state index in [0.717, 1.165) is 72.6 Å². The van der Waals surface area contributed by atoms with Crippen molar-refractivity contribution in [3.05, 3.63) is 64.9 Å². The fourth-order valence-corrected chi connectivity index (χ4v) is 4.88. The minimum absolute atomic E-state index is 0.295. The Morgan fingerprint density at radius 2 is 1.79 bits per heavy atom. The van der Waals surface area contributed by atoms with Crippen molar-refractivity contribution in [3.63, 3.8) is 0 Å². The van der Waals surface area contributed by atoms with Crippen molar-refractivity contribution in [2.75, 3.05) is 13.1 Å². The lowest BCUT2D eigenvalue weighted by Crippen LogP contribution is -2.52. The molecule has 2 aliphatic rings. The molecular formula is C23H24ClN3O. The van der Waals surface area contributed by atoms with E-state index in [9.17, 15) is 4.79 Å². The van der Waals surface area contributed by atoms with Gasteiger partial charge in [0.2, 0.25) is 5.91 Å². The van der Waals surface area contributed by atoms with Gasteiger partial charge < -0.3 is 9.88 Å². The number of hydrogen-bond donors (Lipinski definition) is 1. The van der Waals surface area contributed by atoms with Gasteiger partial charge in [0.1, 0.15) is 5.82 Å². The van der Waals surface area contributed by atoms with Crippen molar-refractivity contribution >= 4 is 28.5 Å². The second-order valence-corrected chi connectivity index (χ2v) is 8.58. The summed E-state index contributed by atoms with van der Waals surface area (Å²) in [6.07, 6.45) is 4.92. The number of carbonyl (C=O) groups is 1. The van der Waals surface area contributed by atoms with E-state index in [1.807, 2.05) is 42.5 Å². The average Bonchev–Trinajstić information content (AvgIpc) is 3.13. The van der Waals surface area contributed by atoms with E-state index in [2.05, 4.69) is 16.0 Å². The largest absolute Gasteiger partial charge is 0.342 e. The highest BCUT2D eigenvalue weighted by atomic mass is 35.5. The zero-order valence-corrected chi connectivity index (χ0v) is 16.6. The maximum Gasteiger partial charge on any atom is 0.233 e. The van der Waals surface area contributed by atoms with Gasteiger partial charge in [0.05, 0.1) is 16.4 Å². The number of benzene rings is 2. The van der Waals surface area contributed by atoms with Gasteiger partial charge in [0.15, 0.2) is 0 Å². The molecule has 1 N–H and O–H groups in total. The molecule has 5 rings (SSSR count). The lowest BCUT2D eigenvalue weighted by atomic mass is 9.63. The van der Waals surface area contributed by atoms with E-state index in [1.54, 1.807) is 0 Å². The monoisotopic (exact) mass is 393 g/mol. The van der Waals surface area contributed by atoms with E-state index >= 15 is 0 Å². The fourth-order valence-electron chi connectivity index (χ4n) is 4.75. The predicted molar refractivity (Wildman–Crippen MR) is 112 cm³/mol. The topological polar surface area (TPSA) is 49.0 Å². The molecule has 0 spiro atoms. The van der Waals surface area contributed by atoms with Crippen LogP contribution >= 0.6 is 11.6 Å². The summed E-state index contributed by atoms with van der Waals surface area (Å²) < 4.78 is 0. The van der Waals surface area contributed by atoms with E-state index in [4.69, 9.17) is 16.6 Å². The molecule has 1 amide bonds. The van der Waals surface area contributed by atoms with Crippen molar-refractivity contribution < 1.29 is 4.79 Å². The van der Waals surface area contributed by atoms with Crippen LogP contribution in [0.4, 0.5) is 0 Å². The Labute approximate surface area is 169 Å². The SMILES string of the molecule is O=C(N1CCC(c2nc3ccccc3[nH]2)CC1)C1(c2ccc(Cl)cc2)CCC1. The van der Waals surface area contributed by atoms with E-state index in [0.29, 0.717) is 11.8 Å². The van der Waals surface area contributed by atoms with Gasteiger partial charge in [-0.05, 0) is 55.5 Å². The molecule has 0 unspecified atom stereocenters. The van der Waals surface area contributed by atoms with Crippen molar-refractivity contribution in [2.45, 2.75) is 43.4 Å². The number of H-pyrrole nitrogens is 1. The quantitative estimate of drug-likeness (QED) is 0.677. The summed E-state index contributed by atoms with van der Waals surface area (Å²) in [6.45, 7) is 1.60. The maximum absolute atomic E-state index is 13.4. The van der Waals surface area contributed by atoms with Crippen LogP contribution in [0.5, 0.6) is 0 Å². The van der Waals surface area contributed by atoms with Crippen LogP contribution in [0.15, 0.2) is 48.5 Å². The highest BCUT2D eigenvalue weighted by molar-refractivity contribution is 6.30.